The topological polar surface area (TPSA) is 49.3 Å². The molecule has 1 aromatic rings. The molecule has 0 radical (unpaired) electrons. The van der Waals surface area contributed by atoms with Crippen LogP contribution in [-0.4, -0.2) is 24.2 Å². The summed E-state index contributed by atoms with van der Waals surface area (Å²) in [5, 5.41) is 12.8. The van der Waals surface area contributed by atoms with Crippen molar-refractivity contribution in [3.8, 4) is 0 Å². The summed E-state index contributed by atoms with van der Waals surface area (Å²) in [5.74, 6) is -0.214. The van der Waals surface area contributed by atoms with Crippen LogP contribution in [-0.2, 0) is 0 Å². The molecule has 1 aliphatic rings. The highest BCUT2D eigenvalue weighted by Gasteiger charge is 2.42. The van der Waals surface area contributed by atoms with Crippen LogP contribution >= 0.6 is 23.2 Å². The molecule has 0 heterocycles. The number of nitrogens with one attached hydrogen (secondary N) is 1. The molecule has 3 nitrogen and oxygen atoms in total. The van der Waals surface area contributed by atoms with Gasteiger partial charge in [0.25, 0.3) is 5.91 Å². The van der Waals surface area contributed by atoms with Crippen molar-refractivity contribution in [1.82, 2.24) is 5.32 Å². The van der Waals surface area contributed by atoms with Crippen LogP contribution in [0.5, 0.6) is 0 Å². The Kier molecular flexibility index (Phi) is 3.61. The lowest BCUT2D eigenvalue weighted by Crippen LogP contribution is -2.31. The molecule has 1 amide bonds. The second-order valence-corrected chi connectivity index (χ2v) is 5.37. The minimum absolute atomic E-state index is 0.0992. The van der Waals surface area contributed by atoms with E-state index in [2.05, 4.69) is 5.32 Å². The molecule has 0 unspecified atom stereocenters. The summed E-state index contributed by atoms with van der Waals surface area (Å²) in [7, 11) is 0. The van der Waals surface area contributed by atoms with Gasteiger partial charge in [-0.15, -0.1) is 0 Å². The second kappa shape index (κ2) is 4.84. The molecule has 0 aliphatic heterocycles. The summed E-state index contributed by atoms with van der Waals surface area (Å²) in [6.07, 6.45) is 1.92. The van der Waals surface area contributed by atoms with Crippen LogP contribution in [0.4, 0.5) is 0 Å². The molecule has 2 N–H and O–H groups in total. The van der Waals surface area contributed by atoms with Gasteiger partial charge in [-0.3, -0.25) is 4.79 Å². The summed E-state index contributed by atoms with van der Waals surface area (Å²) >= 11 is 11.6. The predicted octanol–water partition coefficient (Wildman–Crippen LogP) is 2.50. The first-order chi connectivity index (χ1) is 8.04. The Morgan fingerprint density at radius 1 is 1.29 bits per heavy atom. The van der Waals surface area contributed by atoms with Crippen molar-refractivity contribution >= 4 is 29.1 Å². The Morgan fingerprint density at radius 3 is 2.35 bits per heavy atom. The Bertz CT molecular complexity index is 424. The zero-order valence-corrected chi connectivity index (χ0v) is 10.7. The van der Waals surface area contributed by atoms with E-state index in [4.69, 9.17) is 28.3 Å². The zero-order chi connectivity index (χ0) is 12.5. The first-order valence-electron chi connectivity index (χ1n) is 5.40. The smallest absolute Gasteiger partial charge is 0.251 e. The lowest BCUT2D eigenvalue weighted by Gasteiger charge is -2.12. The number of carbonyl (C=O) groups is 1. The summed E-state index contributed by atoms with van der Waals surface area (Å²) in [6.45, 7) is 0.607. The van der Waals surface area contributed by atoms with E-state index >= 15 is 0 Å². The van der Waals surface area contributed by atoms with Crippen LogP contribution in [0.25, 0.3) is 0 Å². The number of benzene rings is 1. The van der Waals surface area contributed by atoms with E-state index < -0.39 is 0 Å². The molecule has 17 heavy (non-hydrogen) atoms. The molecule has 1 saturated carbocycles. The average Bonchev–Trinajstić information content (AvgIpc) is 3.05. The van der Waals surface area contributed by atoms with Gasteiger partial charge in [-0.1, -0.05) is 23.2 Å². The largest absolute Gasteiger partial charge is 0.396 e. The average molecular weight is 274 g/mol. The van der Waals surface area contributed by atoms with Crippen molar-refractivity contribution in [3.63, 3.8) is 0 Å². The minimum atomic E-state index is -0.214. The van der Waals surface area contributed by atoms with Crippen LogP contribution in [0.2, 0.25) is 10.0 Å². The SMILES string of the molecule is O=C(NCC1(CO)CC1)c1cc(Cl)cc(Cl)c1. The van der Waals surface area contributed by atoms with E-state index in [1.165, 1.54) is 0 Å². The van der Waals surface area contributed by atoms with E-state index in [1.807, 2.05) is 0 Å². The van der Waals surface area contributed by atoms with Crippen molar-refractivity contribution in [2.75, 3.05) is 13.2 Å². The van der Waals surface area contributed by atoms with Crippen LogP contribution < -0.4 is 5.32 Å². The van der Waals surface area contributed by atoms with Crippen molar-refractivity contribution in [2.24, 2.45) is 5.41 Å². The number of halogens is 2. The van der Waals surface area contributed by atoms with E-state index in [0.717, 1.165) is 12.8 Å². The lowest BCUT2D eigenvalue weighted by molar-refractivity contribution is 0.0935. The van der Waals surface area contributed by atoms with E-state index in [-0.39, 0.29) is 17.9 Å². The molecule has 0 spiro atoms. The third kappa shape index (κ3) is 3.12. The van der Waals surface area contributed by atoms with Gasteiger partial charge in [-0.05, 0) is 31.0 Å². The summed E-state index contributed by atoms with van der Waals surface area (Å²) in [5.41, 5.74) is 0.342. The number of rotatable bonds is 4. The number of amides is 1. The van der Waals surface area contributed by atoms with Gasteiger partial charge in [0.2, 0.25) is 0 Å². The van der Waals surface area contributed by atoms with Crippen LogP contribution in [0.3, 0.4) is 0 Å². The van der Waals surface area contributed by atoms with Gasteiger partial charge < -0.3 is 10.4 Å². The van der Waals surface area contributed by atoms with Crippen LogP contribution in [0.15, 0.2) is 18.2 Å². The fraction of sp³-hybridized carbons (Fsp3) is 0.417. The van der Waals surface area contributed by atoms with Crippen molar-refractivity contribution in [2.45, 2.75) is 12.8 Å². The standard InChI is InChI=1S/C12H13Cl2NO2/c13-9-3-8(4-10(14)5-9)11(17)15-6-12(7-16)1-2-12/h3-5,16H,1-2,6-7H2,(H,15,17). The van der Waals surface area contributed by atoms with E-state index in [1.54, 1.807) is 18.2 Å². The molecule has 2 rings (SSSR count). The molecule has 0 bridgehead atoms. The van der Waals surface area contributed by atoms with Gasteiger partial charge in [-0.25, -0.2) is 0 Å². The summed E-state index contributed by atoms with van der Waals surface area (Å²) in [4.78, 5) is 11.8. The highest BCUT2D eigenvalue weighted by atomic mass is 35.5. The highest BCUT2D eigenvalue weighted by Crippen LogP contribution is 2.44. The first-order valence-corrected chi connectivity index (χ1v) is 6.15. The summed E-state index contributed by atoms with van der Waals surface area (Å²) in [6, 6.07) is 4.72. The third-order valence-electron chi connectivity index (χ3n) is 3.04. The van der Waals surface area contributed by atoms with E-state index in [9.17, 15) is 4.79 Å². The molecule has 1 fully saturated rings. The van der Waals surface area contributed by atoms with Gasteiger partial charge in [0.05, 0.1) is 6.61 Å². The van der Waals surface area contributed by atoms with E-state index in [0.29, 0.717) is 22.2 Å². The summed E-state index contributed by atoms with van der Waals surface area (Å²) < 4.78 is 0. The normalized spacial score (nSPS) is 16.6. The molecule has 0 aromatic heterocycles. The number of hydrogen-bond donors (Lipinski definition) is 2. The molecule has 0 atom stereocenters. The van der Waals surface area contributed by atoms with Gasteiger partial charge in [0, 0.05) is 27.6 Å². The molecule has 1 aromatic carbocycles. The maximum absolute atomic E-state index is 11.8. The zero-order valence-electron chi connectivity index (χ0n) is 9.17. The van der Waals surface area contributed by atoms with Crippen LogP contribution in [0, 0.1) is 5.41 Å². The van der Waals surface area contributed by atoms with Gasteiger partial charge in [0.15, 0.2) is 0 Å². The maximum atomic E-state index is 11.8. The highest BCUT2D eigenvalue weighted by molar-refractivity contribution is 6.35. The van der Waals surface area contributed by atoms with Crippen molar-refractivity contribution < 1.29 is 9.90 Å². The fourth-order valence-electron chi connectivity index (χ4n) is 1.62. The molecule has 92 valence electrons. The van der Waals surface area contributed by atoms with Gasteiger partial charge >= 0.3 is 0 Å². The Morgan fingerprint density at radius 2 is 1.88 bits per heavy atom. The van der Waals surface area contributed by atoms with Crippen molar-refractivity contribution in [3.05, 3.63) is 33.8 Å². The number of carbonyl (C=O) groups excluding carboxylic acids is 1. The van der Waals surface area contributed by atoms with Gasteiger partial charge in [0.1, 0.15) is 0 Å². The van der Waals surface area contributed by atoms with Gasteiger partial charge in [-0.2, -0.15) is 0 Å². The fourth-order valence-corrected chi connectivity index (χ4v) is 2.15. The molecule has 1 aliphatic carbocycles. The third-order valence-corrected chi connectivity index (χ3v) is 3.48. The Balaban J connectivity index is 1.99. The van der Waals surface area contributed by atoms with Crippen LogP contribution in [0.1, 0.15) is 23.2 Å². The second-order valence-electron chi connectivity index (χ2n) is 4.50. The predicted molar refractivity (Wildman–Crippen MR) is 67.5 cm³/mol. The minimum Gasteiger partial charge on any atom is -0.396 e. The Labute approximate surface area is 110 Å². The molecule has 0 saturated heterocycles. The molecular weight excluding hydrogens is 261 g/mol. The molecular formula is C12H13Cl2NO2. The monoisotopic (exact) mass is 273 g/mol. The lowest BCUT2D eigenvalue weighted by atomic mass is 10.1. The number of aliphatic hydroxyl groups is 1. The first kappa shape index (κ1) is 12.7. The number of aliphatic hydroxyl groups excluding tert-OH is 1. The quantitative estimate of drug-likeness (QED) is 0.886. The number of hydrogen-bond acceptors (Lipinski definition) is 2. The van der Waals surface area contributed by atoms with Crippen molar-refractivity contribution in [1.29, 1.82) is 0 Å². The molecule has 5 heteroatoms. The maximum Gasteiger partial charge on any atom is 0.251 e. The Hall–Kier alpha value is -0.770.